The smallest absolute Gasteiger partial charge is 0.197 e. The van der Waals surface area contributed by atoms with E-state index in [-0.39, 0.29) is 11.7 Å². The fraction of sp³-hybridized carbons (Fsp3) is 0.267. The van der Waals surface area contributed by atoms with Gasteiger partial charge in [-0.15, -0.1) is 0 Å². The summed E-state index contributed by atoms with van der Waals surface area (Å²) in [6.45, 7) is 3.76. The summed E-state index contributed by atoms with van der Waals surface area (Å²) in [7, 11) is 1.74. The molecule has 2 aliphatic heterocycles. The Kier molecular flexibility index (Phi) is 6.66. The number of ether oxygens (including phenoxy) is 1. The molecule has 0 amide bonds. The van der Waals surface area contributed by atoms with Crippen molar-refractivity contribution in [1.82, 2.24) is 9.88 Å². The van der Waals surface area contributed by atoms with Gasteiger partial charge < -0.3 is 25.0 Å². The molecule has 8 heteroatoms. The Morgan fingerprint density at radius 1 is 1.05 bits per heavy atom. The molecular formula is C30H30FN5O2. The standard InChI is InChI=1S/C30H30FN5O2/c1-38-16-15-36-13-11-21(12-14-36)32-22-9-10-24-23(18-22)28(30(37)35-24)27(19-5-4-6-20(31)17-19)29-33-25-7-2-3-8-26(25)34-29/h2-10,17-18,21,32,35,37H,11-16H2,1H3. The van der Waals surface area contributed by atoms with E-state index in [1.807, 2.05) is 48.5 Å². The molecule has 7 nitrogen and oxygen atoms in total. The van der Waals surface area contributed by atoms with Crippen molar-refractivity contribution in [1.29, 1.82) is 0 Å². The molecule has 0 unspecified atom stereocenters. The van der Waals surface area contributed by atoms with Gasteiger partial charge in [0.05, 0.1) is 22.9 Å². The van der Waals surface area contributed by atoms with E-state index in [1.54, 1.807) is 13.2 Å². The van der Waals surface area contributed by atoms with Crippen molar-refractivity contribution in [2.75, 3.05) is 38.7 Å². The van der Waals surface area contributed by atoms with Crippen LogP contribution in [0.1, 0.15) is 24.0 Å². The third-order valence-electron chi connectivity index (χ3n) is 7.27. The van der Waals surface area contributed by atoms with Crippen LogP contribution in [0.2, 0.25) is 0 Å². The number of halogens is 1. The van der Waals surface area contributed by atoms with E-state index in [1.165, 1.54) is 12.1 Å². The fourth-order valence-corrected chi connectivity index (χ4v) is 5.33. The number of fused-ring (bicyclic) bond motifs is 2. The Morgan fingerprint density at radius 2 is 1.82 bits per heavy atom. The quantitative estimate of drug-likeness (QED) is 0.347. The van der Waals surface area contributed by atoms with Crippen molar-refractivity contribution in [2.24, 2.45) is 9.98 Å². The first-order chi connectivity index (χ1) is 18.6. The van der Waals surface area contributed by atoms with Crippen molar-refractivity contribution in [3.63, 3.8) is 0 Å². The molecule has 0 bridgehead atoms. The van der Waals surface area contributed by atoms with E-state index in [9.17, 15) is 9.50 Å². The summed E-state index contributed by atoms with van der Waals surface area (Å²) in [6, 6.07) is 20.3. The van der Waals surface area contributed by atoms with Crippen molar-refractivity contribution in [3.05, 3.63) is 100 Å². The third kappa shape index (κ3) is 4.80. The molecule has 2 aliphatic rings. The number of aromatic amines is 1. The van der Waals surface area contributed by atoms with Gasteiger partial charge in [-0.1, -0.05) is 24.3 Å². The molecule has 194 valence electrons. The predicted octanol–water partition coefficient (Wildman–Crippen LogP) is 4.21. The number of benzene rings is 3. The highest BCUT2D eigenvalue weighted by molar-refractivity contribution is 6.01. The van der Waals surface area contributed by atoms with Crippen LogP contribution in [0.5, 0.6) is 5.88 Å². The summed E-state index contributed by atoms with van der Waals surface area (Å²) < 4.78 is 19.6. The number of methoxy groups -OCH3 is 1. The monoisotopic (exact) mass is 511 g/mol. The molecule has 3 heterocycles. The molecular weight excluding hydrogens is 481 g/mol. The van der Waals surface area contributed by atoms with Gasteiger partial charge in [0.25, 0.3) is 0 Å². The number of hydrogen-bond donors (Lipinski definition) is 3. The Labute approximate surface area is 220 Å². The van der Waals surface area contributed by atoms with Crippen LogP contribution in [-0.2, 0) is 4.74 Å². The highest BCUT2D eigenvalue weighted by atomic mass is 19.1. The Hall–Kier alpha value is -4.01. The number of anilines is 1. The minimum atomic E-state index is -0.366. The summed E-state index contributed by atoms with van der Waals surface area (Å²) in [4.78, 5) is 15.0. The van der Waals surface area contributed by atoms with Gasteiger partial charge in [0.1, 0.15) is 5.82 Å². The lowest BCUT2D eigenvalue weighted by Crippen LogP contribution is -2.40. The van der Waals surface area contributed by atoms with Crippen LogP contribution in [0.4, 0.5) is 10.1 Å². The molecule has 0 saturated carbocycles. The Morgan fingerprint density at radius 3 is 2.53 bits per heavy atom. The summed E-state index contributed by atoms with van der Waals surface area (Å²) in [5, 5.41) is 17.1. The second kappa shape index (κ2) is 10.4. The van der Waals surface area contributed by atoms with E-state index in [0.29, 0.717) is 28.6 Å². The molecule has 1 saturated heterocycles. The van der Waals surface area contributed by atoms with Crippen molar-refractivity contribution in [3.8, 4) is 5.88 Å². The van der Waals surface area contributed by atoms with E-state index in [4.69, 9.17) is 14.7 Å². The van der Waals surface area contributed by atoms with Crippen LogP contribution in [0, 0.1) is 5.82 Å². The van der Waals surface area contributed by atoms with Crippen LogP contribution in [0.15, 0.2) is 82.5 Å². The highest BCUT2D eigenvalue weighted by Gasteiger charge is 2.24. The number of piperidine rings is 1. The number of H-pyrrole nitrogens is 1. The van der Waals surface area contributed by atoms with Gasteiger partial charge in [-0.2, -0.15) is 0 Å². The molecule has 0 aliphatic carbocycles. The van der Waals surface area contributed by atoms with E-state index >= 15 is 0 Å². The molecule has 3 N–H and O–H groups in total. The third-order valence-corrected chi connectivity index (χ3v) is 7.27. The summed E-state index contributed by atoms with van der Waals surface area (Å²) in [5.74, 6) is 0.0705. The maximum Gasteiger partial charge on any atom is 0.197 e. The van der Waals surface area contributed by atoms with E-state index < -0.39 is 0 Å². The first-order valence-electron chi connectivity index (χ1n) is 12.9. The van der Waals surface area contributed by atoms with Gasteiger partial charge in [0, 0.05) is 54.9 Å². The van der Waals surface area contributed by atoms with Crippen molar-refractivity contribution < 1.29 is 14.2 Å². The Balaban J connectivity index is 1.40. The van der Waals surface area contributed by atoms with Crippen LogP contribution < -0.4 is 16.0 Å². The molecule has 1 fully saturated rings. The molecule has 0 atom stereocenters. The van der Waals surface area contributed by atoms with Crippen LogP contribution in [0.25, 0.3) is 16.5 Å². The minimum absolute atomic E-state index is 0.00304. The van der Waals surface area contributed by atoms with Crippen LogP contribution in [0.3, 0.4) is 0 Å². The van der Waals surface area contributed by atoms with Gasteiger partial charge in [-0.25, -0.2) is 14.4 Å². The number of nitrogens with zero attached hydrogens (tertiary/aromatic N) is 3. The number of hydrogen-bond acceptors (Lipinski definition) is 6. The molecule has 0 radical (unpaired) electrons. The van der Waals surface area contributed by atoms with Gasteiger partial charge >= 0.3 is 0 Å². The van der Waals surface area contributed by atoms with Gasteiger partial charge in [-0.3, -0.25) is 0 Å². The lowest BCUT2D eigenvalue weighted by Gasteiger charge is -2.32. The van der Waals surface area contributed by atoms with Gasteiger partial charge in [0.2, 0.25) is 0 Å². The normalized spacial score (nSPS) is 15.8. The average Bonchev–Trinajstić information content (AvgIpc) is 3.49. The first kappa shape index (κ1) is 24.3. The van der Waals surface area contributed by atoms with Gasteiger partial charge in [-0.05, 0) is 60.9 Å². The van der Waals surface area contributed by atoms with Crippen LogP contribution in [-0.4, -0.2) is 54.4 Å². The second-order valence-electron chi connectivity index (χ2n) is 9.78. The van der Waals surface area contributed by atoms with E-state index in [2.05, 4.69) is 15.2 Å². The maximum atomic E-state index is 14.4. The lowest BCUT2D eigenvalue weighted by atomic mass is 9.96. The number of rotatable bonds is 7. The zero-order valence-electron chi connectivity index (χ0n) is 21.2. The molecule has 6 rings (SSSR count). The number of likely N-dealkylation sites (tertiary alicyclic amines) is 1. The van der Waals surface area contributed by atoms with Crippen molar-refractivity contribution >= 4 is 22.2 Å². The largest absolute Gasteiger partial charge is 0.494 e. The number of aromatic hydroxyl groups is 1. The molecule has 38 heavy (non-hydrogen) atoms. The molecule has 4 aromatic rings. The summed E-state index contributed by atoms with van der Waals surface area (Å²) >= 11 is 0. The highest BCUT2D eigenvalue weighted by Crippen LogP contribution is 2.40. The summed E-state index contributed by atoms with van der Waals surface area (Å²) in [5.41, 5.74) is 3.48. The molecule has 3 aromatic carbocycles. The molecule has 0 spiro atoms. The van der Waals surface area contributed by atoms with E-state index in [0.717, 1.165) is 66.4 Å². The second-order valence-corrected chi connectivity index (χ2v) is 9.78. The number of para-hydroxylation sites is 2. The zero-order chi connectivity index (χ0) is 26.1. The SMILES string of the molecule is COCCN1CCC(Nc2ccc3[nH]c(O)c(C(=C4N=c5ccccc5=N4)c4cccc(F)c4)c3c2)CC1. The maximum absolute atomic E-state index is 14.4. The zero-order valence-corrected chi connectivity index (χ0v) is 21.2. The lowest BCUT2D eigenvalue weighted by molar-refractivity contribution is 0.132. The fourth-order valence-electron chi connectivity index (χ4n) is 5.33. The van der Waals surface area contributed by atoms with Gasteiger partial charge in [0.15, 0.2) is 11.7 Å². The minimum Gasteiger partial charge on any atom is -0.494 e. The number of aromatic nitrogens is 1. The number of nitrogens with one attached hydrogen (secondary N) is 2. The Bertz CT molecular complexity index is 1600. The molecule has 1 aromatic heterocycles. The average molecular weight is 512 g/mol. The van der Waals surface area contributed by atoms with Crippen LogP contribution >= 0.6 is 0 Å². The summed E-state index contributed by atoms with van der Waals surface area (Å²) in [6.07, 6.45) is 2.09. The first-order valence-corrected chi connectivity index (χ1v) is 12.9. The predicted molar refractivity (Wildman–Crippen MR) is 146 cm³/mol. The topological polar surface area (TPSA) is 85.2 Å². The van der Waals surface area contributed by atoms with Crippen molar-refractivity contribution in [2.45, 2.75) is 18.9 Å².